The van der Waals surface area contributed by atoms with E-state index < -0.39 is 23.6 Å². The molecule has 0 fully saturated rings. The maximum Gasteiger partial charge on any atom is 0.418 e. The molecule has 0 saturated heterocycles. The molecule has 156 valence electrons. The maximum atomic E-state index is 13.4. The van der Waals surface area contributed by atoms with Crippen LogP contribution in [0.15, 0.2) is 71.4 Å². The van der Waals surface area contributed by atoms with Crippen LogP contribution in [0.1, 0.15) is 45.7 Å². The van der Waals surface area contributed by atoms with Gasteiger partial charge in [0.15, 0.2) is 0 Å². The molecule has 0 unspecified atom stereocenters. The molecule has 2 aromatic carbocycles. The molecule has 5 nitrogen and oxygen atoms in total. The lowest BCUT2D eigenvalue weighted by Gasteiger charge is -2.38. The second-order valence-electron chi connectivity index (χ2n) is 8.65. The molecule has 30 heavy (non-hydrogen) atoms. The number of hydrogen-bond acceptors (Lipinski definition) is 4. The van der Waals surface area contributed by atoms with Gasteiger partial charge < -0.3 is 4.74 Å². The molecule has 0 aromatic heterocycles. The summed E-state index contributed by atoms with van der Waals surface area (Å²) < 4.78 is 5.59. The minimum absolute atomic E-state index is 0.0429. The van der Waals surface area contributed by atoms with Crippen molar-refractivity contribution >= 4 is 23.8 Å². The van der Waals surface area contributed by atoms with E-state index in [0.29, 0.717) is 5.71 Å². The van der Waals surface area contributed by atoms with Crippen LogP contribution >= 0.6 is 0 Å². The summed E-state index contributed by atoms with van der Waals surface area (Å²) in [5.74, 6) is -0.495. The van der Waals surface area contributed by atoms with E-state index in [4.69, 9.17) is 9.73 Å². The Balaban J connectivity index is 2.17. The molecule has 5 heteroatoms. The summed E-state index contributed by atoms with van der Waals surface area (Å²) in [5, 5.41) is 0. The molecule has 1 atom stereocenters. The predicted octanol–water partition coefficient (Wildman–Crippen LogP) is 5.32. The smallest absolute Gasteiger partial charge is 0.418 e. The highest BCUT2D eigenvalue weighted by Gasteiger charge is 2.42. The van der Waals surface area contributed by atoms with Gasteiger partial charge in [-0.2, -0.15) is 0 Å². The highest BCUT2D eigenvalue weighted by atomic mass is 16.6. The highest BCUT2D eigenvalue weighted by molar-refractivity contribution is 6.17. The average Bonchev–Trinajstić information content (AvgIpc) is 2.69. The zero-order valence-corrected chi connectivity index (χ0v) is 18.1. The lowest BCUT2D eigenvalue weighted by Crippen LogP contribution is -2.55. The average molecular weight is 405 g/mol. The lowest BCUT2D eigenvalue weighted by atomic mass is 9.90. The highest BCUT2D eigenvalue weighted by Crippen LogP contribution is 2.28. The zero-order chi connectivity index (χ0) is 21.9. The van der Waals surface area contributed by atoms with Crippen LogP contribution in [0.2, 0.25) is 0 Å². The van der Waals surface area contributed by atoms with Crippen LogP contribution in [0.4, 0.5) is 4.79 Å². The van der Waals surface area contributed by atoms with Gasteiger partial charge in [0.2, 0.25) is 0 Å². The van der Waals surface area contributed by atoms with Crippen LogP contribution in [0.25, 0.3) is 6.08 Å². The summed E-state index contributed by atoms with van der Waals surface area (Å²) >= 11 is 0. The first-order valence-electron chi connectivity index (χ1n) is 10.1. The Morgan fingerprint density at radius 3 is 2.13 bits per heavy atom. The van der Waals surface area contributed by atoms with Crippen molar-refractivity contribution in [2.45, 2.75) is 46.3 Å². The van der Waals surface area contributed by atoms with Crippen molar-refractivity contribution in [3.05, 3.63) is 77.5 Å². The van der Waals surface area contributed by atoms with Crippen LogP contribution in [-0.2, 0) is 9.53 Å². The molecule has 0 bridgehead atoms. The predicted molar refractivity (Wildman–Crippen MR) is 119 cm³/mol. The van der Waals surface area contributed by atoms with Crippen molar-refractivity contribution < 1.29 is 14.3 Å². The Morgan fingerprint density at radius 1 is 1.03 bits per heavy atom. The lowest BCUT2D eigenvalue weighted by molar-refractivity contribution is -0.128. The number of hydrogen-bond donors (Lipinski definition) is 0. The second kappa shape index (κ2) is 8.66. The molecule has 0 spiro atoms. The van der Waals surface area contributed by atoms with Crippen molar-refractivity contribution in [2.24, 2.45) is 10.9 Å². The van der Waals surface area contributed by atoms with E-state index in [9.17, 15) is 9.59 Å². The van der Waals surface area contributed by atoms with Gasteiger partial charge in [-0.15, -0.1) is 0 Å². The number of benzene rings is 2. The summed E-state index contributed by atoms with van der Waals surface area (Å²) in [6.07, 6.45) is 1.05. The first kappa shape index (κ1) is 21.5. The molecular weight excluding hydrogens is 376 g/mol. The number of carbonyl (C=O) groups excluding carboxylic acids is 2. The molecule has 1 aliphatic heterocycles. The molecule has 1 heterocycles. The first-order valence-corrected chi connectivity index (χ1v) is 10.1. The topological polar surface area (TPSA) is 59.0 Å². The van der Waals surface area contributed by atoms with E-state index in [1.807, 2.05) is 74.5 Å². The normalized spacial score (nSPS) is 18.5. The SMILES string of the molecule is CC(C)[C@H]1C(c2ccccc2)=N/C(=C\c2ccccc2)C(=O)N1C(=O)OC(C)(C)C. The summed E-state index contributed by atoms with van der Waals surface area (Å²) in [7, 11) is 0. The van der Waals surface area contributed by atoms with Gasteiger partial charge in [-0.05, 0) is 43.9 Å². The maximum absolute atomic E-state index is 13.4. The Hall–Kier alpha value is -3.21. The van der Waals surface area contributed by atoms with E-state index in [1.54, 1.807) is 26.8 Å². The fourth-order valence-electron chi connectivity index (χ4n) is 3.38. The third-order valence-electron chi connectivity index (χ3n) is 4.63. The standard InChI is InChI=1S/C25H28N2O3/c1-17(2)22-21(19-14-10-7-11-15-19)26-20(16-18-12-8-6-9-13-18)23(28)27(22)24(29)30-25(3,4)5/h6-17,22H,1-5H3/b20-16-/t22-/m0/s1. The number of aliphatic imine (C=N–C) groups is 1. The van der Waals surface area contributed by atoms with Gasteiger partial charge in [0.25, 0.3) is 5.91 Å². The zero-order valence-electron chi connectivity index (χ0n) is 18.1. The van der Waals surface area contributed by atoms with Crippen molar-refractivity contribution in [1.82, 2.24) is 4.90 Å². The minimum Gasteiger partial charge on any atom is -0.443 e. The molecular formula is C25H28N2O3. The van der Waals surface area contributed by atoms with Gasteiger partial charge >= 0.3 is 6.09 Å². The van der Waals surface area contributed by atoms with Crippen molar-refractivity contribution in [3.63, 3.8) is 0 Å². The van der Waals surface area contributed by atoms with Gasteiger partial charge in [-0.3, -0.25) is 4.79 Å². The van der Waals surface area contributed by atoms with E-state index >= 15 is 0 Å². The fraction of sp³-hybridized carbons (Fsp3) is 0.320. The number of carbonyl (C=O) groups is 2. The van der Waals surface area contributed by atoms with Crippen molar-refractivity contribution in [3.8, 4) is 0 Å². The van der Waals surface area contributed by atoms with Crippen LogP contribution in [-0.4, -0.2) is 34.3 Å². The molecule has 0 saturated carbocycles. The molecule has 2 amide bonds. The molecule has 3 rings (SSSR count). The number of amides is 2. The van der Waals surface area contributed by atoms with Crippen molar-refractivity contribution in [2.75, 3.05) is 0 Å². The molecule has 1 aliphatic rings. The Kier molecular flexibility index (Phi) is 6.20. The summed E-state index contributed by atoms with van der Waals surface area (Å²) in [6.45, 7) is 9.31. The molecule has 0 radical (unpaired) electrons. The fourth-order valence-corrected chi connectivity index (χ4v) is 3.38. The summed E-state index contributed by atoms with van der Waals surface area (Å²) in [4.78, 5) is 32.5. The molecule has 0 aliphatic carbocycles. The van der Waals surface area contributed by atoms with Gasteiger partial charge in [0, 0.05) is 0 Å². The monoisotopic (exact) mass is 404 g/mol. The quantitative estimate of drug-likeness (QED) is 0.651. The van der Waals surface area contributed by atoms with Crippen LogP contribution in [0.3, 0.4) is 0 Å². The number of imide groups is 1. The Bertz CT molecular complexity index is 970. The third-order valence-corrected chi connectivity index (χ3v) is 4.63. The first-order chi connectivity index (χ1) is 14.2. The Morgan fingerprint density at radius 2 is 1.60 bits per heavy atom. The van der Waals surface area contributed by atoms with E-state index in [2.05, 4.69) is 0 Å². The third kappa shape index (κ3) is 4.85. The van der Waals surface area contributed by atoms with Crippen molar-refractivity contribution in [1.29, 1.82) is 0 Å². The second-order valence-corrected chi connectivity index (χ2v) is 8.65. The van der Waals surface area contributed by atoms with E-state index in [1.165, 1.54) is 4.90 Å². The van der Waals surface area contributed by atoms with E-state index in [0.717, 1.165) is 11.1 Å². The van der Waals surface area contributed by atoms with Gasteiger partial charge in [0.05, 0.1) is 11.8 Å². The Labute approximate surface area is 178 Å². The van der Waals surface area contributed by atoms with Gasteiger partial charge in [-0.1, -0.05) is 74.5 Å². The minimum atomic E-state index is -0.719. The number of ether oxygens (including phenoxy) is 1. The number of rotatable bonds is 3. The summed E-state index contributed by atoms with van der Waals surface area (Å²) in [5.41, 5.74) is 1.88. The summed E-state index contributed by atoms with van der Waals surface area (Å²) in [6, 6.07) is 18.6. The van der Waals surface area contributed by atoms with Crippen LogP contribution in [0, 0.1) is 5.92 Å². The van der Waals surface area contributed by atoms with E-state index in [-0.39, 0.29) is 11.6 Å². The van der Waals surface area contributed by atoms with Gasteiger partial charge in [0.1, 0.15) is 11.3 Å². The van der Waals surface area contributed by atoms with Crippen LogP contribution in [0.5, 0.6) is 0 Å². The number of nitrogens with zero attached hydrogens (tertiary/aromatic N) is 2. The molecule has 0 N–H and O–H groups in total. The largest absolute Gasteiger partial charge is 0.443 e. The molecule has 2 aromatic rings. The van der Waals surface area contributed by atoms with Crippen LogP contribution < -0.4 is 0 Å². The van der Waals surface area contributed by atoms with Gasteiger partial charge in [-0.25, -0.2) is 14.7 Å².